The lowest BCUT2D eigenvalue weighted by Crippen LogP contribution is -2.37. The summed E-state index contributed by atoms with van der Waals surface area (Å²) in [5.41, 5.74) is 0.581. The van der Waals surface area contributed by atoms with Crippen LogP contribution in [-0.4, -0.2) is 37.2 Å². The Labute approximate surface area is 187 Å². The smallest absolute Gasteiger partial charge is 0.306 e. The first-order valence-corrected chi connectivity index (χ1v) is 10.5. The number of carboxylic acids is 1. The third kappa shape index (κ3) is 3.87. The Kier molecular flexibility index (Phi) is 5.40. The van der Waals surface area contributed by atoms with E-state index in [0.717, 1.165) is 0 Å². The van der Waals surface area contributed by atoms with E-state index in [2.05, 4.69) is 0 Å². The number of para-hydroxylation sites is 1. The highest BCUT2D eigenvalue weighted by Gasteiger charge is 2.35. The molecule has 2 heterocycles. The minimum absolute atomic E-state index is 0.0726. The molecule has 1 aromatic heterocycles. The molecule has 2 aromatic carbocycles. The van der Waals surface area contributed by atoms with E-state index < -0.39 is 5.97 Å². The Morgan fingerprint density at radius 2 is 1.91 bits per heavy atom. The molecule has 8 nitrogen and oxygen atoms in total. The lowest BCUT2D eigenvalue weighted by Gasteiger charge is -2.32. The highest BCUT2D eigenvalue weighted by atomic mass is 35.5. The lowest BCUT2D eigenvalue weighted by molar-refractivity contribution is -0.151. The summed E-state index contributed by atoms with van der Waals surface area (Å²) >= 11 is 6.24. The summed E-state index contributed by atoms with van der Waals surface area (Å²) in [5, 5.41) is 9.67. The van der Waals surface area contributed by atoms with Crippen LogP contribution in [0.3, 0.4) is 0 Å². The van der Waals surface area contributed by atoms with E-state index in [1.54, 1.807) is 30.3 Å². The molecule has 1 N–H and O–H groups in total. The summed E-state index contributed by atoms with van der Waals surface area (Å²) in [7, 11) is 0. The van der Waals surface area contributed by atoms with E-state index >= 15 is 0 Å². The van der Waals surface area contributed by atoms with Gasteiger partial charge in [-0.2, -0.15) is 0 Å². The van der Waals surface area contributed by atoms with E-state index in [4.69, 9.17) is 40.1 Å². The minimum Gasteiger partial charge on any atom is -0.490 e. The van der Waals surface area contributed by atoms with Gasteiger partial charge in [0.15, 0.2) is 22.5 Å². The molecule has 1 aliphatic heterocycles. The Morgan fingerprint density at radius 3 is 2.69 bits per heavy atom. The molecule has 0 radical (unpaired) electrons. The summed E-state index contributed by atoms with van der Waals surface area (Å²) in [6.07, 6.45) is 0.942. The van der Waals surface area contributed by atoms with Crippen LogP contribution in [0.2, 0.25) is 5.02 Å². The van der Waals surface area contributed by atoms with Gasteiger partial charge in [0, 0.05) is 12.1 Å². The molecule has 1 fully saturated rings. The van der Waals surface area contributed by atoms with Crippen molar-refractivity contribution < 1.29 is 33.3 Å². The average molecular weight is 459 g/mol. The van der Waals surface area contributed by atoms with Gasteiger partial charge in [0.25, 0.3) is 0 Å². The highest BCUT2D eigenvalue weighted by Crippen LogP contribution is 2.43. The fraction of sp³-hybridized carbons (Fsp3) is 0.304. The first kappa shape index (κ1) is 20.7. The molecule has 1 saturated carbocycles. The second-order valence-electron chi connectivity index (χ2n) is 7.64. The van der Waals surface area contributed by atoms with Crippen molar-refractivity contribution in [1.29, 1.82) is 0 Å². The molecule has 32 heavy (non-hydrogen) atoms. The number of benzene rings is 2. The van der Waals surface area contributed by atoms with E-state index in [1.807, 2.05) is 0 Å². The zero-order valence-corrected chi connectivity index (χ0v) is 17.6. The first-order chi connectivity index (χ1) is 15.5. The van der Waals surface area contributed by atoms with Crippen LogP contribution in [0.5, 0.6) is 17.2 Å². The SMILES string of the molecule is O=c1cc(-c2cc3c(cc2OCCO[C@H]2C[C@@H](C(=O)O)C2)OCO3)oc2c(Cl)cccc12. The zero-order valence-electron chi connectivity index (χ0n) is 16.8. The van der Waals surface area contributed by atoms with Gasteiger partial charge < -0.3 is 28.5 Å². The van der Waals surface area contributed by atoms with Gasteiger partial charge in [-0.3, -0.25) is 9.59 Å². The summed E-state index contributed by atoms with van der Waals surface area (Å²) in [4.78, 5) is 23.5. The van der Waals surface area contributed by atoms with Crippen LogP contribution < -0.4 is 19.6 Å². The normalized spacial score (nSPS) is 19.0. The molecule has 0 saturated heterocycles. The van der Waals surface area contributed by atoms with Gasteiger partial charge in [-0.05, 0) is 31.0 Å². The molecular weight excluding hydrogens is 440 g/mol. The number of rotatable bonds is 7. The number of carboxylic acid groups (broad SMARTS) is 1. The Balaban J connectivity index is 1.38. The molecule has 9 heteroatoms. The molecule has 1 aliphatic carbocycles. The van der Waals surface area contributed by atoms with Gasteiger partial charge in [-0.1, -0.05) is 17.7 Å². The van der Waals surface area contributed by atoms with Crippen molar-refractivity contribution in [2.75, 3.05) is 20.0 Å². The third-order valence-electron chi connectivity index (χ3n) is 5.59. The number of carbonyl (C=O) groups is 1. The van der Waals surface area contributed by atoms with Gasteiger partial charge in [0.2, 0.25) is 6.79 Å². The van der Waals surface area contributed by atoms with Gasteiger partial charge >= 0.3 is 5.97 Å². The topological polar surface area (TPSA) is 104 Å². The van der Waals surface area contributed by atoms with E-state index in [1.165, 1.54) is 6.07 Å². The number of hydrogen-bond acceptors (Lipinski definition) is 7. The Bertz CT molecular complexity index is 1240. The third-order valence-corrected chi connectivity index (χ3v) is 5.88. The first-order valence-electron chi connectivity index (χ1n) is 10.1. The average Bonchev–Trinajstić information content (AvgIpc) is 3.19. The van der Waals surface area contributed by atoms with Crippen LogP contribution >= 0.6 is 11.6 Å². The number of hydrogen-bond donors (Lipinski definition) is 1. The highest BCUT2D eigenvalue weighted by molar-refractivity contribution is 6.34. The quantitative estimate of drug-likeness (QED) is 0.528. The molecule has 0 atom stereocenters. The van der Waals surface area contributed by atoms with Crippen molar-refractivity contribution in [2.24, 2.45) is 5.92 Å². The molecule has 3 aromatic rings. The van der Waals surface area contributed by atoms with Crippen LogP contribution in [0.1, 0.15) is 12.8 Å². The largest absolute Gasteiger partial charge is 0.490 e. The number of ether oxygens (including phenoxy) is 4. The van der Waals surface area contributed by atoms with Crippen LogP contribution in [0.4, 0.5) is 0 Å². The Hall–Kier alpha value is -3.23. The standard InChI is InChI=1S/C23H19ClO8/c24-16-3-1-2-14-17(25)9-19(32-22(14)16)15-8-20-21(31-11-30-20)10-18(15)29-5-4-28-13-6-12(7-13)23(26)27/h1-3,8-10,12-13H,4-7,11H2,(H,26,27)/t12-,13+. The van der Waals surface area contributed by atoms with Crippen LogP contribution in [0, 0.1) is 5.92 Å². The number of aliphatic carboxylic acids is 1. The van der Waals surface area contributed by atoms with E-state index in [0.29, 0.717) is 58.3 Å². The molecule has 0 amide bonds. The second-order valence-corrected chi connectivity index (χ2v) is 8.05. The molecular formula is C23H19ClO8. The van der Waals surface area contributed by atoms with E-state index in [9.17, 15) is 9.59 Å². The summed E-state index contributed by atoms with van der Waals surface area (Å²) in [5.74, 6) is 0.637. The maximum Gasteiger partial charge on any atom is 0.306 e. The van der Waals surface area contributed by atoms with E-state index in [-0.39, 0.29) is 36.6 Å². The summed E-state index contributed by atoms with van der Waals surface area (Å²) in [6.45, 7) is 0.596. The van der Waals surface area contributed by atoms with Crippen molar-refractivity contribution in [2.45, 2.75) is 18.9 Å². The van der Waals surface area contributed by atoms with Gasteiger partial charge in [-0.25, -0.2) is 0 Å². The van der Waals surface area contributed by atoms with Crippen molar-refractivity contribution in [3.63, 3.8) is 0 Å². The summed E-state index contributed by atoms with van der Waals surface area (Å²) < 4.78 is 28.5. The molecule has 0 spiro atoms. The fourth-order valence-electron chi connectivity index (χ4n) is 3.78. The maximum atomic E-state index is 12.6. The predicted molar refractivity (Wildman–Crippen MR) is 115 cm³/mol. The zero-order chi connectivity index (χ0) is 22.2. The van der Waals surface area contributed by atoms with Gasteiger partial charge in [-0.15, -0.1) is 0 Å². The lowest BCUT2D eigenvalue weighted by atomic mass is 9.82. The van der Waals surface area contributed by atoms with Crippen LogP contribution in [0.25, 0.3) is 22.3 Å². The monoisotopic (exact) mass is 458 g/mol. The summed E-state index contributed by atoms with van der Waals surface area (Å²) in [6, 6.07) is 9.76. The van der Waals surface area contributed by atoms with Gasteiger partial charge in [0.1, 0.15) is 18.1 Å². The molecule has 5 rings (SSSR count). The maximum absolute atomic E-state index is 12.6. The van der Waals surface area contributed by atoms with Crippen LogP contribution in [-0.2, 0) is 9.53 Å². The minimum atomic E-state index is -0.789. The second kappa shape index (κ2) is 8.37. The molecule has 0 unspecified atom stereocenters. The Morgan fingerprint density at radius 1 is 1.12 bits per heavy atom. The molecule has 0 bridgehead atoms. The van der Waals surface area contributed by atoms with Crippen molar-refractivity contribution in [3.8, 4) is 28.6 Å². The van der Waals surface area contributed by atoms with Gasteiger partial charge in [0.05, 0.1) is 34.6 Å². The van der Waals surface area contributed by atoms with Crippen LogP contribution in [0.15, 0.2) is 45.6 Å². The number of fused-ring (bicyclic) bond motifs is 2. The molecule has 166 valence electrons. The predicted octanol–water partition coefficient (Wildman–Crippen LogP) is 4.10. The molecule has 2 aliphatic rings. The van der Waals surface area contributed by atoms with Crippen molar-refractivity contribution >= 4 is 28.5 Å². The number of halogens is 1. The van der Waals surface area contributed by atoms with Crippen molar-refractivity contribution in [3.05, 3.63) is 51.6 Å². The van der Waals surface area contributed by atoms with Crippen molar-refractivity contribution in [1.82, 2.24) is 0 Å². The fourth-order valence-corrected chi connectivity index (χ4v) is 3.99.